The van der Waals surface area contributed by atoms with E-state index < -0.39 is 12.2 Å². The van der Waals surface area contributed by atoms with Crippen LogP contribution in [0, 0.1) is 0 Å². The topological polar surface area (TPSA) is 74.6 Å². The van der Waals surface area contributed by atoms with Crippen LogP contribution < -0.4 is 10.1 Å². The van der Waals surface area contributed by atoms with Crippen LogP contribution in [-0.2, 0) is 0 Å². The molecular weight excluding hydrogens is 196 g/mol. The van der Waals surface area contributed by atoms with Gasteiger partial charge in [-0.1, -0.05) is 0 Å². The van der Waals surface area contributed by atoms with E-state index in [1.54, 1.807) is 25.4 Å². The number of likely N-dealkylation sites (N-methyl/N-ethyl adjacent to an activating group) is 1. The van der Waals surface area contributed by atoms with Gasteiger partial charge in [-0.3, -0.25) is 4.98 Å². The molecule has 3 N–H and O–H groups in total. The summed E-state index contributed by atoms with van der Waals surface area (Å²) in [6, 6.07) is 3.40. The molecule has 1 heterocycles. The summed E-state index contributed by atoms with van der Waals surface area (Å²) < 4.78 is 5.04. The molecule has 0 aliphatic rings. The minimum absolute atomic E-state index is 0.293. The molecule has 0 bridgehead atoms. The largest absolute Gasteiger partial charge is 0.495 e. The van der Waals surface area contributed by atoms with Crippen LogP contribution in [0.2, 0.25) is 0 Å². The summed E-state index contributed by atoms with van der Waals surface area (Å²) >= 11 is 0. The first-order valence-electron chi connectivity index (χ1n) is 4.70. The molecule has 0 saturated carbocycles. The van der Waals surface area contributed by atoms with Gasteiger partial charge in [0.15, 0.2) is 0 Å². The van der Waals surface area contributed by atoms with Crippen LogP contribution in [-0.4, -0.2) is 42.0 Å². The van der Waals surface area contributed by atoms with E-state index in [0.717, 1.165) is 0 Å². The maximum Gasteiger partial charge on any atom is 0.143 e. The zero-order valence-electron chi connectivity index (χ0n) is 8.84. The number of pyridine rings is 1. The molecule has 5 heteroatoms. The molecule has 0 aliphatic heterocycles. The molecule has 0 fully saturated rings. The Morgan fingerprint density at radius 2 is 2.27 bits per heavy atom. The smallest absolute Gasteiger partial charge is 0.143 e. The maximum atomic E-state index is 9.80. The van der Waals surface area contributed by atoms with Crippen molar-refractivity contribution >= 4 is 0 Å². The van der Waals surface area contributed by atoms with Gasteiger partial charge in [0.05, 0.1) is 13.2 Å². The average Bonchev–Trinajstić information content (AvgIpc) is 2.28. The highest BCUT2D eigenvalue weighted by atomic mass is 16.5. The molecule has 0 radical (unpaired) electrons. The lowest BCUT2D eigenvalue weighted by Crippen LogP contribution is -2.30. The number of hydrogen-bond acceptors (Lipinski definition) is 5. The molecule has 0 spiro atoms. The lowest BCUT2D eigenvalue weighted by Gasteiger charge is -2.18. The van der Waals surface area contributed by atoms with Crippen molar-refractivity contribution in [3.63, 3.8) is 0 Å². The third-order valence-corrected chi connectivity index (χ3v) is 2.08. The summed E-state index contributed by atoms with van der Waals surface area (Å²) in [6.45, 7) is 0.293. The normalized spacial score (nSPS) is 14.7. The Morgan fingerprint density at radius 3 is 2.87 bits per heavy atom. The average molecular weight is 212 g/mol. The molecule has 0 amide bonds. The molecule has 2 atom stereocenters. The molecule has 1 aromatic rings. The first-order valence-corrected chi connectivity index (χ1v) is 4.70. The molecule has 84 valence electrons. The monoisotopic (exact) mass is 212 g/mol. The molecule has 2 unspecified atom stereocenters. The van der Waals surface area contributed by atoms with Crippen molar-refractivity contribution in [1.82, 2.24) is 10.3 Å². The van der Waals surface area contributed by atoms with Gasteiger partial charge in [0, 0.05) is 12.7 Å². The van der Waals surface area contributed by atoms with Crippen molar-refractivity contribution in [2.24, 2.45) is 0 Å². The number of rotatable bonds is 5. The van der Waals surface area contributed by atoms with Crippen molar-refractivity contribution in [3.8, 4) is 5.75 Å². The van der Waals surface area contributed by atoms with E-state index in [-0.39, 0.29) is 0 Å². The molecule has 15 heavy (non-hydrogen) atoms. The van der Waals surface area contributed by atoms with Gasteiger partial charge < -0.3 is 20.3 Å². The third-order valence-electron chi connectivity index (χ3n) is 2.08. The number of aliphatic hydroxyl groups is 2. The van der Waals surface area contributed by atoms with Crippen molar-refractivity contribution in [2.75, 3.05) is 20.7 Å². The molecular formula is C10H16N2O3. The number of aliphatic hydroxyl groups excluding tert-OH is 2. The second-order valence-electron chi connectivity index (χ2n) is 3.16. The van der Waals surface area contributed by atoms with E-state index in [2.05, 4.69) is 10.3 Å². The Labute approximate surface area is 88.7 Å². The molecule has 5 nitrogen and oxygen atoms in total. The van der Waals surface area contributed by atoms with E-state index in [4.69, 9.17) is 4.74 Å². The number of hydrogen-bond donors (Lipinski definition) is 3. The Balaban J connectivity index is 2.84. The summed E-state index contributed by atoms with van der Waals surface area (Å²) in [6.07, 6.45) is -0.403. The quantitative estimate of drug-likeness (QED) is 0.625. The number of nitrogens with one attached hydrogen (secondary N) is 1. The van der Waals surface area contributed by atoms with Crippen LogP contribution in [0.25, 0.3) is 0 Å². The van der Waals surface area contributed by atoms with Gasteiger partial charge in [-0.05, 0) is 19.2 Å². The number of aromatic nitrogens is 1. The van der Waals surface area contributed by atoms with E-state index in [0.29, 0.717) is 18.0 Å². The summed E-state index contributed by atoms with van der Waals surface area (Å²) in [5, 5.41) is 22.2. The van der Waals surface area contributed by atoms with E-state index in [1.807, 2.05) is 0 Å². The van der Waals surface area contributed by atoms with Crippen molar-refractivity contribution in [2.45, 2.75) is 12.2 Å². The van der Waals surface area contributed by atoms with Crippen molar-refractivity contribution in [3.05, 3.63) is 24.0 Å². The van der Waals surface area contributed by atoms with Crippen LogP contribution in [0.5, 0.6) is 5.75 Å². The van der Waals surface area contributed by atoms with Gasteiger partial charge in [0.1, 0.15) is 17.5 Å². The van der Waals surface area contributed by atoms with Gasteiger partial charge in [-0.15, -0.1) is 0 Å². The lowest BCUT2D eigenvalue weighted by atomic mass is 10.1. The molecule has 0 aromatic carbocycles. The maximum absolute atomic E-state index is 9.80. The fourth-order valence-electron chi connectivity index (χ4n) is 1.30. The fourth-order valence-corrected chi connectivity index (χ4v) is 1.30. The Bertz CT molecular complexity index is 306. The first kappa shape index (κ1) is 11.9. The van der Waals surface area contributed by atoms with Gasteiger partial charge in [0.2, 0.25) is 0 Å². The molecule has 0 aliphatic carbocycles. The number of methoxy groups -OCH3 is 1. The summed E-state index contributed by atoms with van der Waals surface area (Å²) in [5.41, 5.74) is 0.350. The zero-order valence-corrected chi connectivity index (χ0v) is 8.84. The highest BCUT2D eigenvalue weighted by Gasteiger charge is 2.22. The second-order valence-corrected chi connectivity index (χ2v) is 3.16. The Kier molecular flexibility index (Phi) is 4.48. The minimum Gasteiger partial charge on any atom is -0.495 e. The predicted molar refractivity (Wildman–Crippen MR) is 55.7 cm³/mol. The first-order chi connectivity index (χ1) is 7.20. The Hall–Kier alpha value is -1.17. The van der Waals surface area contributed by atoms with Crippen LogP contribution in [0.15, 0.2) is 18.3 Å². The van der Waals surface area contributed by atoms with Gasteiger partial charge in [-0.2, -0.15) is 0 Å². The molecule has 0 saturated heterocycles. The van der Waals surface area contributed by atoms with Crippen LogP contribution in [0.4, 0.5) is 0 Å². The minimum atomic E-state index is -1.05. The van der Waals surface area contributed by atoms with Crippen molar-refractivity contribution < 1.29 is 14.9 Å². The van der Waals surface area contributed by atoms with Gasteiger partial charge in [0.25, 0.3) is 0 Å². The van der Waals surface area contributed by atoms with Crippen LogP contribution >= 0.6 is 0 Å². The van der Waals surface area contributed by atoms with E-state index >= 15 is 0 Å². The van der Waals surface area contributed by atoms with Crippen LogP contribution in [0.1, 0.15) is 11.8 Å². The predicted octanol–water partition coefficient (Wildman–Crippen LogP) is -0.296. The number of nitrogens with zero attached hydrogens (tertiary/aromatic N) is 1. The van der Waals surface area contributed by atoms with Crippen molar-refractivity contribution in [1.29, 1.82) is 0 Å². The molecule has 1 aromatic heterocycles. The SMILES string of the molecule is CNCC(O)C(O)c1ncccc1OC. The van der Waals surface area contributed by atoms with Gasteiger partial charge in [-0.25, -0.2) is 0 Å². The number of ether oxygens (including phenoxy) is 1. The highest BCUT2D eigenvalue weighted by Crippen LogP contribution is 2.24. The second kappa shape index (κ2) is 5.65. The third kappa shape index (κ3) is 2.89. The van der Waals surface area contributed by atoms with E-state index in [1.165, 1.54) is 7.11 Å². The summed E-state index contributed by atoms with van der Waals surface area (Å²) in [4.78, 5) is 3.99. The lowest BCUT2D eigenvalue weighted by molar-refractivity contribution is 0.0162. The molecule has 1 rings (SSSR count). The summed E-state index contributed by atoms with van der Waals surface area (Å²) in [7, 11) is 3.20. The highest BCUT2D eigenvalue weighted by molar-refractivity contribution is 5.29. The fraction of sp³-hybridized carbons (Fsp3) is 0.500. The van der Waals surface area contributed by atoms with Crippen LogP contribution in [0.3, 0.4) is 0 Å². The van der Waals surface area contributed by atoms with E-state index in [9.17, 15) is 10.2 Å². The van der Waals surface area contributed by atoms with Gasteiger partial charge >= 0.3 is 0 Å². The zero-order chi connectivity index (χ0) is 11.3. The standard InChI is InChI=1S/C10H16N2O3/c1-11-6-7(13)10(14)9-8(15-2)4-3-5-12-9/h3-5,7,10-11,13-14H,6H2,1-2H3. The summed E-state index contributed by atoms with van der Waals surface area (Å²) in [5.74, 6) is 0.472. The Morgan fingerprint density at radius 1 is 1.53 bits per heavy atom.